The average molecular weight is 171 g/mol. The van der Waals surface area contributed by atoms with E-state index >= 15 is 0 Å². The number of aliphatic carboxylic acids is 1. The summed E-state index contributed by atoms with van der Waals surface area (Å²) in [5.41, 5.74) is 0. The van der Waals surface area contributed by atoms with Crippen molar-refractivity contribution in [3.63, 3.8) is 0 Å². The van der Waals surface area contributed by atoms with E-state index in [-0.39, 0.29) is 31.1 Å². The van der Waals surface area contributed by atoms with Gasteiger partial charge in [0.15, 0.2) is 0 Å². The van der Waals surface area contributed by atoms with E-state index < -0.39 is 11.9 Å². The quantitative estimate of drug-likeness (QED) is 0.561. The summed E-state index contributed by atoms with van der Waals surface area (Å²) in [5.74, 6) is -2.03. The first-order valence-electron chi connectivity index (χ1n) is 3.65. The maximum Gasteiger partial charge on any atom is 0.303 e. The average Bonchev–Trinajstić information content (AvgIpc) is 2.26. The summed E-state index contributed by atoms with van der Waals surface area (Å²) in [6.07, 6.45) is 0.310. The predicted octanol–water partition coefficient (Wildman–Crippen LogP) is -0.486. The molecule has 0 bridgehead atoms. The van der Waals surface area contributed by atoms with Crippen molar-refractivity contribution in [3.05, 3.63) is 0 Å². The van der Waals surface area contributed by atoms with Crippen LogP contribution in [-0.2, 0) is 14.4 Å². The summed E-state index contributed by atoms with van der Waals surface area (Å²) >= 11 is 0. The summed E-state index contributed by atoms with van der Waals surface area (Å²) < 4.78 is 0. The Balaban J connectivity index is 2.38. The Morgan fingerprint density at radius 3 is 2.67 bits per heavy atom. The van der Waals surface area contributed by atoms with E-state index in [0.717, 1.165) is 0 Å². The lowest BCUT2D eigenvalue weighted by Crippen LogP contribution is -2.22. The minimum absolute atomic E-state index is 0.0641. The van der Waals surface area contributed by atoms with Gasteiger partial charge in [0, 0.05) is 18.8 Å². The molecule has 1 atom stereocenters. The van der Waals surface area contributed by atoms with Crippen LogP contribution >= 0.6 is 0 Å². The number of nitrogens with one attached hydrogen (secondary N) is 1. The van der Waals surface area contributed by atoms with Crippen LogP contribution in [0.4, 0.5) is 0 Å². The second kappa shape index (κ2) is 3.34. The van der Waals surface area contributed by atoms with Gasteiger partial charge < -0.3 is 5.11 Å². The van der Waals surface area contributed by atoms with Crippen molar-refractivity contribution in [1.29, 1.82) is 0 Å². The highest BCUT2D eigenvalue weighted by Crippen LogP contribution is 2.16. The minimum Gasteiger partial charge on any atom is -0.481 e. The highest BCUT2D eigenvalue weighted by Gasteiger charge is 2.30. The second-order valence-corrected chi connectivity index (χ2v) is 2.75. The van der Waals surface area contributed by atoms with Crippen molar-refractivity contribution in [2.45, 2.75) is 19.3 Å². The SMILES string of the molecule is O=C(O)CCC1CC(=O)NC1=O. The van der Waals surface area contributed by atoms with Gasteiger partial charge in [0.25, 0.3) is 0 Å². The number of carbonyl (C=O) groups is 3. The Hall–Kier alpha value is -1.39. The fourth-order valence-electron chi connectivity index (χ4n) is 1.14. The zero-order valence-corrected chi connectivity index (χ0v) is 6.37. The fourth-order valence-corrected chi connectivity index (χ4v) is 1.14. The molecule has 0 aliphatic carbocycles. The van der Waals surface area contributed by atoms with E-state index in [1.54, 1.807) is 0 Å². The molecule has 0 spiro atoms. The molecule has 0 aromatic heterocycles. The van der Waals surface area contributed by atoms with Gasteiger partial charge in [0.05, 0.1) is 0 Å². The Morgan fingerprint density at radius 1 is 1.58 bits per heavy atom. The number of rotatable bonds is 3. The molecule has 2 N–H and O–H groups in total. The first-order chi connectivity index (χ1) is 5.59. The third kappa shape index (κ3) is 2.05. The van der Waals surface area contributed by atoms with Gasteiger partial charge in [-0.15, -0.1) is 0 Å². The van der Waals surface area contributed by atoms with Crippen molar-refractivity contribution in [2.24, 2.45) is 5.92 Å². The Morgan fingerprint density at radius 2 is 2.25 bits per heavy atom. The van der Waals surface area contributed by atoms with Crippen LogP contribution in [-0.4, -0.2) is 22.9 Å². The minimum atomic E-state index is -0.942. The Kier molecular flexibility index (Phi) is 2.42. The largest absolute Gasteiger partial charge is 0.481 e. The molecule has 0 aromatic rings. The molecule has 5 heteroatoms. The number of hydrogen-bond acceptors (Lipinski definition) is 3. The van der Waals surface area contributed by atoms with Crippen LogP contribution in [0, 0.1) is 5.92 Å². The lowest BCUT2D eigenvalue weighted by molar-refractivity contribution is -0.137. The number of carboxylic acids is 1. The van der Waals surface area contributed by atoms with E-state index in [9.17, 15) is 14.4 Å². The van der Waals surface area contributed by atoms with Gasteiger partial charge in [0.1, 0.15) is 0 Å². The van der Waals surface area contributed by atoms with Crippen LogP contribution in [0.5, 0.6) is 0 Å². The number of amides is 2. The van der Waals surface area contributed by atoms with Gasteiger partial charge in [-0.3, -0.25) is 19.7 Å². The van der Waals surface area contributed by atoms with Crippen LogP contribution < -0.4 is 5.32 Å². The van der Waals surface area contributed by atoms with Crippen LogP contribution in [0.15, 0.2) is 0 Å². The number of imide groups is 1. The molecule has 5 nitrogen and oxygen atoms in total. The van der Waals surface area contributed by atoms with Gasteiger partial charge in [-0.25, -0.2) is 0 Å². The molecule has 0 radical (unpaired) electrons. The topological polar surface area (TPSA) is 83.5 Å². The van der Waals surface area contributed by atoms with Crippen molar-refractivity contribution in [2.75, 3.05) is 0 Å². The molecular formula is C7H9NO4. The van der Waals surface area contributed by atoms with E-state index in [0.29, 0.717) is 0 Å². The molecule has 0 aromatic carbocycles. The molecule has 1 heterocycles. The van der Waals surface area contributed by atoms with Crippen LogP contribution in [0.1, 0.15) is 19.3 Å². The zero-order valence-electron chi connectivity index (χ0n) is 6.37. The maximum atomic E-state index is 10.9. The summed E-state index contributed by atoms with van der Waals surface area (Å²) in [5, 5.41) is 10.4. The first-order valence-corrected chi connectivity index (χ1v) is 3.65. The summed E-state index contributed by atoms with van der Waals surface area (Å²) in [6, 6.07) is 0. The molecule has 1 rings (SSSR count). The van der Waals surface area contributed by atoms with Crippen molar-refractivity contribution in [3.8, 4) is 0 Å². The van der Waals surface area contributed by atoms with Gasteiger partial charge >= 0.3 is 5.97 Å². The number of carboxylic acid groups (broad SMARTS) is 1. The van der Waals surface area contributed by atoms with E-state index in [4.69, 9.17) is 5.11 Å². The lowest BCUT2D eigenvalue weighted by Gasteiger charge is -2.00. The molecule has 2 amide bonds. The molecule has 66 valence electrons. The summed E-state index contributed by atoms with van der Waals surface area (Å²) in [4.78, 5) is 31.6. The lowest BCUT2D eigenvalue weighted by atomic mass is 10.0. The Labute approximate surface area is 68.8 Å². The monoisotopic (exact) mass is 171 g/mol. The van der Waals surface area contributed by atoms with Gasteiger partial charge in [-0.1, -0.05) is 0 Å². The summed E-state index contributed by atoms with van der Waals surface area (Å²) in [6.45, 7) is 0. The molecule has 12 heavy (non-hydrogen) atoms. The van der Waals surface area contributed by atoms with Gasteiger partial charge in [-0.05, 0) is 6.42 Å². The van der Waals surface area contributed by atoms with E-state index in [1.165, 1.54) is 0 Å². The highest BCUT2D eigenvalue weighted by molar-refractivity contribution is 6.03. The molecule has 1 saturated heterocycles. The molecule has 0 saturated carbocycles. The van der Waals surface area contributed by atoms with Crippen LogP contribution in [0.25, 0.3) is 0 Å². The molecule has 1 fully saturated rings. The molecule has 1 aliphatic heterocycles. The number of carbonyl (C=O) groups excluding carboxylic acids is 2. The third-order valence-electron chi connectivity index (χ3n) is 1.77. The highest BCUT2D eigenvalue weighted by atomic mass is 16.4. The fraction of sp³-hybridized carbons (Fsp3) is 0.571. The van der Waals surface area contributed by atoms with Crippen LogP contribution in [0.2, 0.25) is 0 Å². The molecule has 1 aliphatic rings. The van der Waals surface area contributed by atoms with Gasteiger partial charge in [0.2, 0.25) is 11.8 Å². The van der Waals surface area contributed by atoms with Crippen molar-refractivity contribution < 1.29 is 19.5 Å². The smallest absolute Gasteiger partial charge is 0.303 e. The van der Waals surface area contributed by atoms with Crippen LogP contribution in [0.3, 0.4) is 0 Å². The van der Waals surface area contributed by atoms with Crippen molar-refractivity contribution >= 4 is 17.8 Å². The van der Waals surface area contributed by atoms with E-state index in [1.807, 2.05) is 0 Å². The third-order valence-corrected chi connectivity index (χ3v) is 1.77. The normalized spacial score (nSPS) is 22.5. The zero-order chi connectivity index (χ0) is 9.14. The maximum absolute atomic E-state index is 10.9. The summed E-state index contributed by atoms with van der Waals surface area (Å²) in [7, 11) is 0. The van der Waals surface area contributed by atoms with Gasteiger partial charge in [-0.2, -0.15) is 0 Å². The second-order valence-electron chi connectivity index (χ2n) is 2.75. The standard InChI is InChI=1S/C7H9NO4/c9-5-3-4(7(12)8-5)1-2-6(10)11/h4H,1-3H2,(H,10,11)(H,8,9,12). The van der Waals surface area contributed by atoms with Crippen molar-refractivity contribution in [1.82, 2.24) is 5.32 Å². The predicted molar refractivity (Wildman–Crippen MR) is 38.1 cm³/mol. The first kappa shape index (κ1) is 8.70. The van der Waals surface area contributed by atoms with E-state index in [2.05, 4.69) is 5.32 Å². The Bertz CT molecular complexity index is 236. The molecule has 1 unspecified atom stereocenters. The molecular weight excluding hydrogens is 162 g/mol. The number of hydrogen-bond donors (Lipinski definition) is 2.